The molecule has 2 unspecified atom stereocenters. The summed E-state index contributed by atoms with van der Waals surface area (Å²) in [4.78, 5) is 2.46. The maximum Gasteiger partial charge on any atom is 0.119 e. The van der Waals surface area contributed by atoms with Crippen LogP contribution in [0.15, 0.2) is 158 Å². The number of ether oxygens (including phenoxy) is 1. The fraction of sp³-hybridized carbons (Fsp3) is 0.0698. The van der Waals surface area contributed by atoms with E-state index in [1.807, 2.05) is 12.1 Å². The van der Waals surface area contributed by atoms with Crippen LogP contribution in [0.1, 0.15) is 17.0 Å². The molecule has 8 aromatic rings. The molecule has 0 saturated carbocycles. The summed E-state index contributed by atoms with van der Waals surface area (Å²) in [5.41, 5.74) is 11.1. The van der Waals surface area contributed by atoms with E-state index >= 15 is 0 Å². The van der Waals surface area contributed by atoms with Crippen LogP contribution < -0.4 is 9.64 Å². The maximum atomic E-state index is 5.44. The molecule has 10 rings (SSSR count). The Labute approximate surface area is 272 Å². The van der Waals surface area contributed by atoms with E-state index in [1.165, 1.54) is 71.7 Å². The minimum absolute atomic E-state index is 0.213. The van der Waals surface area contributed by atoms with Gasteiger partial charge in [-0.25, -0.2) is 9.35 Å². The van der Waals surface area contributed by atoms with E-state index < -0.39 is 0 Å². The molecule has 3 heterocycles. The molecule has 0 saturated heterocycles. The lowest BCUT2D eigenvalue weighted by atomic mass is 9.86. The van der Waals surface area contributed by atoms with Crippen LogP contribution in [-0.2, 0) is 0 Å². The standard InChI is InChI=1S/C43H31N3O/c1-47-31-22-20-30(21-23-31)44-38-14-6-2-12-34(38)36-26-28(18-24-39(36)44)29-19-25-43-37(27-29)35-13-5-9-17-42(35)46(43)45-40-15-7-3-10-32(40)33-11-4-8-16-41(33)45/h2-27,36,39H,1H3. The van der Waals surface area contributed by atoms with Gasteiger partial charge in [0.25, 0.3) is 0 Å². The Morgan fingerprint density at radius 1 is 0.553 bits per heavy atom. The Morgan fingerprint density at radius 3 is 1.79 bits per heavy atom. The normalized spacial score (nSPS) is 17.0. The first-order valence-electron chi connectivity index (χ1n) is 16.2. The van der Waals surface area contributed by atoms with E-state index in [1.54, 1.807) is 7.11 Å². The molecule has 0 N–H and O–H groups in total. The largest absolute Gasteiger partial charge is 0.497 e. The van der Waals surface area contributed by atoms with Gasteiger partial charge in [-0.2, -0.15) is 0 Å². The monoisotopic (exact) mass is 605 g/mol. The van der Waals surface area contributed by atoms with Gasteiger partial charge in [0.15, 0.2) is 0 Å². The number of para-hydroxylation sites is 4. The van der Waals surface area contributed by atoms with E-state index in [4.69, 9.17) is 4.74 Å². The quantitative estimate of drug-likeness (QED) is 0.199. The fourth-order valence-corrected chi connectivity index (χ4v) is 8.05. The second-order valence-corrected chi connectivity index (χ2v) is 12.5. The Morgan fingerprint density at radius 2 is 1.13 bits per heavy atom. The predicted octanol–water partition coefficient (Wildman–Crippen LogP) is 10.5. The molecule has 6 aromatic carbocycles. The van der Waals surface area contributed by atoms with Crippen LogP contribution in [0.25, 0.3) is 49.2 Å². The molecular formula is C43H31N3O. The number of rotatable bonds is 4. The fourth-order valence-electron chi connectivity index (χ4n) is 8.05. The van der Waals surface area contributed by atoms with E-state index in [9.17, 15) is 0 Å². The van der Waals surface area contributed by atoms with Crippen molar-refractivity contribution in [3.8, 4) is 5.75 Å². The van der Waals surface area contributed by atoms with Gasteiger partial charge in [-0.05, 0) is 77.4 Å². The molecule has 4 nitrogen and oxygen atoms in total. The first-order valence-corrected chi connectivity index (χ1v) is 16.2. The summed E-state index contributed by atoms with van der Waals surface area (Å²) in [7, 11) is 1.71. The van der Waals surface area contributed by atoms with Crippen LogP contribution in [0.2, 0.25) is 0 Å². The van der Waals surface area contributed by atoms with Crippen molar-refractivity contribution in [2.45, 2.75) is 12.0 Å². The Bertz CT molecular complexity index is 2530. The van der Waals surface area contributed by atoms with Gasteiger partial charge in [-0.15, -0.1) is 0 Å². The molecule has 4 heteroatoms. The lowest BCUT2D eigenvalue weighted by molar-refractivity contribution is 0.415. The molecule has 0 radical (unpaired) electrons. The van der Waals surface area contributed by atoms with Crippen LogP contribution in [0, 0.1) is 0 Å². The number of methoxy groups -OCH3 is 1. The highest BCUT2D eigenvalue weighted by molar-refractivity contribution is 6.12. The number of benzene rings is 6. The molecular weight excluding hydrogens is 574 g/mol. The summed E-state index contributed by atoms with van der Waals surface area (Å²) in [6.45, 7) is 0. The lowest BCUT2D eigenvalue weighted by Gasteiger charge is -2.30. The van der Waals surface area contributed by atoms with E-state index in [0.717, 1.165) is 5.75 Å². The summed E-state index contributed by atoms with van der Waals surface area (Å²) >= 11 is 0. The van der Waals surface area contributed by atoms with Gasteiger partial charge < -0.3 is 9.64 Å². The zero-order valence-corrected chi connectivity index (χ0v) is 25.9. The van der Waals surface area contributed by atoms with Gasteiger partial charge in [0.1, 0.15) is 5.75 Å². The van der Waals surface area contributed by atoms with Crippen LogP contribution in [0.5, 0.6) is 5.75 Å². The van der Waals surface area contributed by atoms with Gasteiger partial charge in [-0.3, -0.25) is 0 Å². The van der Waals surface area contributed by atoms with Crippen molar-refractivity contribution in [3.05, 3.63) is 169 Å². The maximum absolute atomic E-state index is 5.44. The van der Waals surface area contributed by atoms with Crippen molar-refractivity contribution in [1.29, 1.82) is 0 Å². The number of aromatic nitrogens is 2. The van der Waals surface area contributed by atoms with Crippen LogP contribution in [0.3, 0.4) is 0 Å². The SMILES string of the molecule is COc1ccc(N2c3ccccc3C3C=C(c4ccc5c(c4)c4ccccc4n5-n4c5ccccc5c5ccccc54)C=CC32)cc1. The van der Waals surface area contributed by atoms with Crippen molar-refractivity contribution in [2.24, 2.45) is 0 Å². The first kappa shape index (κ1) is 26.2. The van der Waals surface area contributed by atoms with Gasteiger partial charge in [0.2, 0.25) is 0 Å². The highest BCUT2D eigenvalue weighted by atomic mass is 16.5. The predicted molar refractivity (Wildman–Crippen MR) is 195 cm³/mol. The average Bonchev–Trinajstić information content (AvgIpc) is 3.76. The molecule has 1 aliphatic carbocycles. The minimum atomic E-state index is 0.213. The van der Waals surface area contributed by atoms with Gasteiger partial charge in [0.05, 0.1) is 35.2 Å². The van der Waals surface area contributed by atoms with E-state index in [2.05, 4.69) is 160 Å². The lowest BCUT2D eigenvalue weighted by Crippen LogP contribution is -2.28. The molecule has 0 bridgehead atoms. The second-order valence-electron chi connectivity index (χ2n) is 12.5. The zero-order chi connectivity index (χ0) is 31.1. The van der Waals surface area contributed by atoms with Crippen molar-refractivity contribution < 1.29 is 4.74 Å². The Kier molecular flexibility index (Phi) is 5.58. The smallest absolute Gasteiger partial charge is 0.119 e. The summed E-state index contributed by atoms with van der Waals surface area (Å²) < 4.78 is 10.2. The van der Waals surface area contributed by atoms with Gasteiger partial charge in [-0.1, -0.05) is 97.1 Å². The molecule has 1 aliphatic heterocycles. The second kappa shape index (κ2) is 10.0. The highest BCUT2D eigenvalue weighted by Crippen LogP contribution is 2.49. The Hall–Kier alpha value is -6.00. The number of hydrogen-bond acceptors (Lipinski definition) is 2. The molecule has 0 spiro atoms. The summed E-state index contributed by atoms with van der Waals surface area (Å²) in [6.07, 6.45) is 7.17. The average molecular weight is 606 g/mol. The van der Waals surface area contributed by atoms with E-state index in [0.29, 0.717) is 0 Å². The van der Waals surface area contributed by atoms with Gasteiger partial charge in [0, 0.05) is 38.8 Å². The van der Waals surface area contributed by atoms with Crippen LogP contribution >= 0.6 is 0 Å². The topological polar surface area (TPSA) is 22.3 Å². The highest BCUT2D eigenvalue weighted by Gasteiger charge is 2.38. The molecule has 2 atom stereocenters. The Balaban J connectivity index is 1.13. The third-order valence-corrected chi connectivity index (χ3v) is 10.1. The van der Waals surface area contributed by atoms with Crippen LogP contribution in [0.4, 0.5) is 11.4 Å². The number of fused-ring (bicyclic) bond motifs is 9. The number of anilines is 2. The molecule has 224 valence electrons. The van der Waals surface area contributed by atoms with Crippen molar-refractivity contribution in [3.63, 3.8) is 0 Å². The molecule has 0 fully saturated rings. The third kappa shape index (κ3) is 3.76. The van der Waals surface area contributed by atoms with Crippen molar-refractivity contribution in [2.75, 3.05) is 12.0 Å². The molecule has 0 amide bonds. The molecule has 2 aromatic heterocycles. The van der Waals surface area contributed by atoms with Gasteiger partial charge >= 0.3 is 0 Å². The number of hydrogen-bond donors (Lipinski definition) is 0. The summed E-state index contributed by atoms with van der Waals surface area (Å²) in [6, 6.07) is 50.7. The third-order valence-electron chi connectivity index (χ3n) is 10.1. The van der Waals surface area contributed by atoms with Crippen molar-refractivity contribution in [1.82, 2.24) is 9.35 Å². The molecule has 2 aliphatic rings. The van der Waals surface area contributed by atoms with E-state index in [-0.39, 0.29) is 12.0 Å². The number of allylic oxidation sites excluding steroid dienone is 2. The number of nitrogens with zero attached hydrogens (tertiary/aromatic N) is 3. The van der Waals surface area contributed by atoms with Crippen LogP contribution in [-0.4, -0.2) is 22.5 Å². The summed E-state index contributed by atoms with van der Waals surface area (Å²) in [5.74, 6) is 1.12. The molecule has 47 heavy (non-hydrogen) atoms. The zero-order valence-electron chi connectivity index (χ0n) is 25.9. The first-order chi connectivity index (χ1) is 23.3. The minimum Gasteiger partial charge on any atom is -0.497 e. The van der Waals surface area contributed by atoms with Crippen molar-refractivity contribution >= 4 is 60.6 Å². The summed E-state index contributed by atoms with van der Waals surface area (Å²) in [5, 5.41) is 5.03.